The Morgan fingerprint density at radius 1 is 0.903 bits per heavy atom. The van der Waals surface area contributed by atoms with Gasteiger partial charge in [0.15, 0.2) is 11.5 Å². The van der Waals surface area contributed by atoms with Crippen molar-refractivity contribution >= 4 is 5.91 Å². The molecule has 1 amide bonds. The average Bonchev–Trinajstić information content (AvgIpc) is 3.13. The van der Waals surface area contributed by atoms with Crippen LogP contribution in [0.1, 0.15) is 30.4 Å². The minimum Gasteiger partial charge on any atom is -0.496 e. The molecule has 0 aliphatic carbocycles. The molecule has 6 nitrogen and oxygen atoms in total. The smallest absolute Gasteiger partial charge is 0.223 e. The van der Waals surface area contributed by atoms with Gasteiger partial charge in [0.2, 0.25) is 5.91 Å². The second-order valence-corrected chi connectivity index (χ2v) is 8.44. The van der Waals surface area contributed by atoms with Gasteiger partial charge >= 0.3 is 0 Å². The predicted molar refractivity (Wildman–Crippen MR) is 119 cm³/mol. The Balaban J connectivity index is 1.53. The predicted octanol–water partition coefficient (Wildman–Crippen LogP) is 3.73. The summed E-state index contributed by atoms with van der Waals surface area (Å²) in [7, 11) is 4.96. The quantitative estimate of drug-likeness (QED) is 0.678. The van der Waals surface area contributed by atoms with Crippen molar-refractivity contribution in [2.24, 2.45) is 5.92 Å². The highest BCUT2D eigenvalue weighted by Crippen LogP contribution is 2.37. The number of amides is 1. The Labute approximate surface area is 184 Å². The molecule has 0 bridgehead atoms. The molecule has 0 saturated carbocycles. The molecule has 2 aromatic carbocycles. The molecule has 2 saturated heterocycles. The number of hydrogen-bond acceptors (Lipinski definition) is 5. The van der Waals surface area contributed by atoms with Gasteiger partial charge in [-0.1, -0.05) is 30.3 Å². The number of methoxy groups -OCH3 is 3. The van der Waals surface area contributed by atoms with Crippen LogP contribution in [-0.4, -0.2) is 56.2 Å². The van der Waals surface area contributed by atoms with Gasteiger partial charge in [0, 0.05) is 50.3 Å². The Kier molecular flexibility index (Phi) is 6.66. The van der Waals surface area contributed by atoms with Gasteiger partial charge in [-0.2, -0.15) is 0 Å². The fourth-order valence-corrected chi connectivity index (χ4v) is 4.99. The highest BCUT2D eigenvalue weighted by molar-refractivity contribution is 5.77. The number of likely N-dealkylation sites (tertiary alicyclic amines) is 2. The van der Waals surface area contributed by atoms with Crippen LogP contribution < -0.4 is 14.2 Å². The first-order valence-corrected chi connectivity index (χ1v) is 11.0. The Bertz CT molecular complexity index is 902. The third-order valence-corrected chi connectivity index (χ3v) is 6.54. The summed E-state index contributed by atoms with van der Waals surface area (Å²) in [6, 6.07) is 14.4. The molecule has 0 N–H and O–H groups in total. The van der Waals surface area contributed by atoms with E-state index in [4.69, 9.17) is 14.2 Å². The summed E-state index contributed by atoms with van der Waals surface area (Å²) in [4.78, 5) is 17.5. The summed E-state index contributed by atoms with van der Waals surface area (Å²) < 4.78 is 16.5. The normalized spacial score (nSPS) is 21.5. The van der Waals surface area contributed by atoms with Crippen molar-refractivity contribution in [3.63, 3.8) is 0 Å². The van der Waals surface area contributed by atoms with Gasteiger partial charge in [0.05, 0.1) is 21.3 Å². The highest BCUT2D eigenvalue weighted by atomic mass is 16.5. The molecule has 2 aliphatic rings. The lowest BCUT2D eigenvalue weighted by Crippen LogP contribution is -2.42. The van der Waals surface area contributed by atoms with E-state index < -0.39 is 0 Å². The molecule has 31 heavy (non-hydrogen) atoms. The van der Waals surface area contributed by atoms with Gasteiger partial charge in [-0.05, 0) is 30.4 Å². The van der Waals surface area contributed by atoms with Gasteiger partial charge in [0.25, 0.3) is 0 Å². The molecule has 6 heteroatoms. The standard InChI is InChI=1S/C25H32N2O4/c1-29-22-13-24(31-3)23(30-2)12-20(22)16-26-15-19-10-7-11-25(28)27(21(19)17-26)14-18-8-5-4-6-9-18/h4-6,8-9,12-13,19,21H,7,10-11,14-17H2,1-3H3/t19-,21+/m1/s1. The molecule has 0 unspecified atom stereocenters. The Morgan fingerprint density at radius 3 is 2.32 bits per heavy atom. The van der Waals surface area contributed by atoms with E-state index in [0.29, 0.717) is 30.4 Å². The zero-order valence-electron chi connectivity index (χ0n) is 18.7. The van der Waals surface area contributed by atoms with Crippen LogP contribution in [0.25, 0.3) is 0 Å². The summed E-state index contributed by atoms with van der Waals surface area (Å²) in [5, 5.41) is 0. The number of rotatable bonds is 7. The lowest BCUT2D eigenvalue weighted by atomic mass is 9.98. The summed E-state index contributed by atoms with van der Waals surface area (Å²) in [5.41, 5.74) is 2.26. The Morgan fingerprint density at radius 2 is 1.61 bits per heavy atom. The molecule has 0 aromatic heterocycles. The van der Waals surface area contributed by atoms with Gasteiger partial charge in [-0.3, -0.25) is 9.69 Å². The molecular formula is C25H32N2O4. The average molecular weight is 425 g/mol. The zero-order chi connectivity index (χ0) is 21.8. The number of ether oxygens (including phenoxy) is 3. The van der Waals surface area contributed by atoms with Crippen LogP contribution in [0.5, 0.6) is 17.2 Å². The van der Waals surface area contributed by atoms with Crippen molar-refractivity contribution in [3.8, 4) is 17.2 Å². The van der Waals surface area contributed by atoms with E-state index in [1.54, 1.807) is 21.3 Å². The van der Waals surface area contributed by atoms with Crippen LogP contribution >= 0.6 is 0 Å². The van der Waals surface area contributed by atoms with Gasteiger partial charge in [-0.25, -0.2) is 0 Å². The number of hydrogen-bond donors (Lipinski definition) is 0. The topological polar surface area (TPSA) is 51.2 Å². The molecule has 4 rings (SSSR count). The minimum absolute atomic E-state index is 0.251. The first-order chi connectivity index (χ1) is 15.1. The van der Waals surface area contributed by atoms with Crippen molar-refractivity contribution in [3.05, 3.63) is 53.6 Å². The maximum atomic E-state index is 12.9. The monoisotopic (exact) mass is 424 g/mol. The number of fused-ring (bicyclic) bond motifs is 1. The van der Waals surface area contributed by atoms with Crippen LogP contribution in [0.3, 0.4) is 0 Å². The fourth-order valence-electron chi connectivity index (χ4n) is 4.99. The van der Waals surface area contributed by atoms with Crippen LogP contribution in [0.4, 0.5) is 0 Å². The molecule has 0 spiro atoms. The SMILES string of the molecule is COc1cc(OC)c(OC)cc1CN1C[C@H]2CCCC(=O)N(Cc3ccccc3)[C@H]2C1. The second-order valence-electron chi connectivity index (χ2n) is 8.44. The number of carbonyl (C=O) groups excluding carboxylic acids is 1. The summed E-state index contributed by atoms with van der Waals surface area (Å²) >= 11 is 0. The maximum absolute atomic E-state index is 12.9. The third kappa shape index (κ3) is 4.64. The molecule has 2 aliphatic heterocycles. The molecule has 2 aromatic rings. The second kappa shape index (κ2) is 9.60. The number of carbonyl (C=O) groups is 1. The van der Waals surface area contributed by atoms with Gasteiger partial charge in [-0.15, -0.1) is 0 Å². The van der Waals surface area contributed by atoms with Crippen molar-refractivity contribution in [1.82, 2.24) is 9.80 Å². The lowest BCUT2D eigenvalue weighted by molar-refractivity contribution is -0.133. The lowest BCUT2D eigenvalue weighted by Gasteiger charge is -2.30. The minimum atomic E-state index is 0.251. The van der Waals surface area contributed by atoms with E-state index >= 15 is 0 Å². The molecule has 166 valence electrons. The van der Waals surface area contributed by atoms with Crippen LogP contribution in [0.2, 0.25) is 0 Å². The van der Waals surface area contributed by atoms with Crippen molar-refractivity contribution in [2.45, 2.75) is 38.4 Å². The molecular weight excluding hydrogens is 392 g/mol. The van der Waals surface area contributed by atoms with Crippen molar-refractivity contribution in [2.75, 3.05) is 34.4 Å². The Hall–Kier alpha value is -2.73. The van der Waals surface area contributed by atoms with Gasteiger partial charge < -0.3 is 19.1 Å². The van der Waals surface area contributed by atoms with Crippen molar-refractivity contribution < 1.29 is 19.0 Å². The van der Waals surface area contributed by atoms with Crippen molar-refractivity contribution in [1.29, 1.82) is 0 Å². The molecule has 2 fully saturated rings. The number of benzene rings is 2. The van der Waals surface area contributed by atoms with Crippen LogP contribution in [-0.2, 0) is 17.9 Å². The van der Waals surface area contributed by atoms with E-state index in [2.05, 4.69) is 21.9 Å². The zero-order valence-corrected chi connectivity index (χ0v) is 18.7. The summed E-state index contributed by atoms with van der Waals surface area (Å²) in [6.45, 7) is 3.31. The number of nitrogens with zero attached hydrogens (tertiary/aromatic N) is 2. The highest BCUT2D eigenvalue weighted by Gasteiger charge is 2.40. The van der Waals surface area contributed by atoms with E-state index in [0.717, 1.165) is 43.8 Å². The molecule has 0 radical (unpaired) electrons. The van der Waals surface area contributed by atoms with Gasteiger partial charge in [0.1, 0.15) is 5.75 Å². The van der Waals surface area contributed by atoms with E-state index in [1.807, 2.05) is 30.3 Å². The summed E-state index contributed by atoms with van der Waals surface area (Å²) in [6.07, 6.45) is 2.73. The largest absolute Gasteiger partial charge is 0.496 e. The van der Waals surface area contributed by atoms with E-state index in [9.17, 15) is 4.79 Å². The first-order valence-electron chi connectivity index (χ1n) is 11.0. The first kappa shape index (κ1) is 21.5. The van der Waals surface area contributed by atoms with Crippen LogP contribution in [0.15, 0.2) is 42.5 Å². The maximum Gasteiger partial charge on any atom is 0.223 e. The van der Waals surface area contributed by atoms with E-state index in [1.165, 1.54) is 5.56 Å². The molecule has 2 atom stereocenters. The van der Waals surface area contributed by atoms with Crippen LogP contribution in [0, 0.1) is 5.92 Å². The third-order valence-electron chi connectivity index (χ3n) is 6.54. The van der Waals surface area contributed by atoms with E-state index in [-0.39, 0.29) is 11.9 Å². The summed E-state index contributed by atoms with van der Waals surface area (Å²) in [5.74, 6) is 2.94. The fraction of sp³-hybridized carbons (Fsp3) is 0.480. The molecule has 2 heterocycles.